The van der Waals surface area contributed by atoms with Crippen LogP contribution in [0.4, 0.5) is 0 Å². The van der Waals surface area contributed by atoms with Crippen molar-refractivity contribution in [2.75, 3.05) is 27.4 Å². The van der Waals surface area contributed by atoms with Gasteiger partial charge in [-0.25, -0.2) is 8.42 Å². The molecule has 36 heavy (non-hydrogen) atoms. The largest absolute Gasteiger partial charge is 0.497 e. The van der Waals surface area contributed by atoms with Crippen molar-refractivity contribution in [1.29, 1.82) is 0 Å². The first-order valence-electron chi connectivity index (χ1n) is 11.7. The fraction of sp³-hybridized carbons (Fsp3) is 0.440. The predicted molar refractivity (Wildman–Crippen MR) is 132 cm³/mol. The SMILES string of the molecule is COc1ccc(OCCCCC(=O)N[C@H]2CCN(S(=O)(=O)c3ccc(OC)cc3)[C@H](C(=O)O)C2)cc1. The van der Waals surface area contributed by atoms with Gasteiger partial charge in [0, 0.05) is 19.0 Å². The van der Waals surface area contributed by atoms with Gasteiger partial charge in [-0.15, -0.1) is 0 Å². The van der Waals surface area contributed by atoms with E-state index in [0.717, 1.165) is 15.8 Å². The zero-order valence-corrected chi connectivity index (χ0v) is 21.2. The Morgan fingerprint density at radius 2 is 1.56 bits per heavy atom. The zero-order chi connectivity index (χ0) is 26.1. The van der Waals surface area contributed by atoms with Gasteiger partial charge in [0.1, 0.15) is 23.3 Å². The van der Waals surface area contributed by atoms with Crippen molar-refractivity contribution in [3.05, 3.63) is 48.5 Å². The van der Waals surface area contributed by atoms with E-state index in [1.165, 1.54) is 31.4 Å². The van der Waals surface area contributed by atoms with E-state index in [2.05, 4.69) is 5.32 Å². The Labute approximate surface area is 211 Å². The van der Waals surface area contributed by atoms with Crippen molar-refractivity contribution in [3.8, 4) is 17.2 Å². The summed E-state index contributed by atoms with van der Waals surface area (Å²) in [6.45, 7) is 0.453. The first kappa shape index (κ1) is 27.3. The van der Waals surface area contributed by atoms with Crippen molar-refractivity contribution in [2.45, 2.75) is 49.1 Å². The second-order valence-corrected chi connectivity index (χ2v) is 10.3. The van der Waals surface area contributed by atoms with Crippen LogP contribution in [0.5, 0.6) is 17.2 Å². The van der Waals surface area contributed by atoms with Crippen LogP contribution in [0, 0.1) is 0 Å². The maximum atomic E-state index is 13.1. The number of carbonyl (C=O) groups excluding carboxylic acids is 1. The van der Waals surface area contributed by atoms with Crippen LogP contribution < -0.4 is 19.5 Å². The molecular formula is C25H32N2O8S. The number of carboxylic acid groups (broad SMARTS) is 1. The van der Waals surface area contributed by atoms with Crippen LogP contribution in [0.1, 0.15) is 32.1 Å². The second kappa shape index (κ2) is 12.6. The summed E-state index contributed by atoms with van der Waals surface area (Å²) >= 11 is 0. The zero-order valence-electron chi connectivity index (χ0n) is 20.4. The maximum Gasteiger partial charge on any atom is 0.322 e. The fourth-order valence-electron chi connectivity index (χ4n) is 4.02. The lowest BCUT2D eigenvalue weighted by Gasteiger charge is -2.36. The Morgan fingerprint density at radius 1 is 0.972 bits per heavy atom. The molecule has 1 aliphatic rings. The smallest absolute Gasteiger partial charge is 0.322 e. The molecule has 2 aromatic carbocycles. The van der Waals surface area contributed by atoms with Gasteiger partial charge in [0.2, 0.25) is 15.9 Å². The van der Waals surface area contributed by atoms with Crippen LogP contribution in [0.15, 0.2) is 53.4 Å². The van der Waals surface area contributed by atoms with Gasteiger partial charge in [0.15, 0.2) is 0 Å². The maximum absolute atomic E-state index is 13.1. The minimum Gasteiger partial charge on any atom is -0.497 e. The Bertz CT molecular complexity index is 1120. The molecule has 0 aliphatic carbocycles. The fourth-order valence-corrected chi connectivity index (χ4v) is 5.63. The summed E-state index contributed by atoms with van der Waals surface area (Å²) < 4.78 is 43.0. The number of unbranched alkanes of at least 4 members (excludes halogenated alkanes) is 1. The van der Waals surface area contributed by atoms with Crippen molar-refractivity contribution in [3.63, 3.8) is 0 Å². The number of nitrogens with zero attached hydrogens (tertiary/aromatic N) is 1. The summed E-state index contributed by atoms with van der Waals surface area (Å²) in [4.78, 5) is 24.3. The molecule has 0 radical (unpaired) electrons. The lowest BCUT2D eigenvalue weighted by Crippen LogP contribution is -2.54. The van der Waals surface area contributed by atoms with Crippen molar-refractivity contribution in [1.82, 2.24) is 9.62 Å². The molecule has 1 fully saturated rings. The molecule has 2 aromatic rings. The first-order valence-corrected chi connectivity index (χ1v) is 13.1. The van der Waals surface area contributed by atoms with E-state index in [-0.39, 0.29) is 30.2 Å². The van der Waals surface area contributed by atoms with Crippen LogP contribution in [-0.4, -0.2) is 69.2 Å². The quantitative estimate of drug-likeness (QED) is 0.409. The standard InChI is InChI=1S/C25H32N2O8S/c1-33-19-6-8-21(9-7-19)35-16-4-3-5-24(28)26-18-14-15-27(23(17-18)25(29)30)36(31,32)22-12-10-20(34-2)11-13-22/h6-13,18,23H,3-5,14-17H2,1-2H3,(H,26,28)(H,29,30)/t18-,23-/m0/s1. The average Bonchev–Trinajstić information content (AvgIpc) is 2.88. The van der Waals surface area contributed by atoms with Gasteiger partial charge in [-0.05, 0) is 74.2 Å². The van der Waals surface area contributed by atoms with Gasteiger partial charge < -0.3 is 24.6 Å². The van der Waals surface area contributed by atoms with Crippen molar-refractivity contribution >= 4 is 21.9 Å². The Hall–Kier alpha value is -3.31. The Balaban J connectivity index is 1.46. The van der Waals surface area contributed by atoms with E-state index in [9.17, 15) is 23.1 Å². The molecule has 11 heteroatoms. The highest BCUT2D eigenvalue weighted by Crippen LogP contribution is 2.27. The third-order valence-electron chi connectivity index (χ3n) is 6.00. The molecule has 1 saturated heterocycles. The summed E-state index contributed by atoms with van der Waals surface area (Å²) in [5.74, 6) is 0.517. The average molecular weight is 521 g/mol. The third-order valence-corrected chi connectivity index (χ3v) is 7.92. The summed E-state index contributed by atoms with van der Waals surface area (Å²) in [6.07, 6.45) is 1.88. The Kier molecular flexibility index (Phi) is 9.54. The number of sulfonamides is 1. The van der Waals surface area contributed by atoms with E-state index < -0.39 is 28.1 Å². The van der Waals surface area contributed by atoms with E-state index in [1.54, 1.807) is 19.2 Å². The molecule has 1 aliphatic heterocycles. The number of carbonyl (C=O) groups is 2. The number of piperidine rings is 1. The van der Waals surface area contributed by atoms with Gasteiger partial charge in [-0.3, -0.25) is 9.59 Å². The number of carboxylic acids is 1. The van der Waals surface area contributed by atoms with Crippen molar-refractivity contribution in [2.24, 2.45) is 0 Å². The molecular weight excluding hydrogens is 488 g/mol. The number of benzene rings is 2. The van der Waals surface area contributed by atoms with Crippen molar-refractivity contribution < 1.29 is 37.3 Å². The van der Waals surface area contributed by atoms with Gasteiger partial charge in [0.05, 0.1) is 25.7 Å². The number of ether oxygens (including phenoxy) is 3. The topological polar surface area (TPSA) is 131 Å². The number of hydrogen-bond donors (Lipinski definition) is 2. The third kappa shape index (κ3) is 7.11. The van der Waals surface area contributed by atoms with E-state index in [0.29, 0.717) is 31.6 Å². The molecule has 0 saturated carbocycles. The number of nitrogens with one attached hydrogen (secondary N) is 1. The molecule has 0 bridgehead atoms. The van der Waals surface area contributed by atoms with E-state index >= 15 is 0 Å². The number of methoxy groups -OCH3 is 2. The summed E-state index contributed by atoms with van der Waals surface area (Å²) in [6, 6.07) is 11.3. The van der Waals surface area contributed by atoms with Crippen LogP contribution in [0.2, 0.25) is 0 Å². The number of rotatable bonds is 12. The number of aliphatic carboxylic acids is 1. The van der Waals surface area contributed by atoms with E-state index in [1.807, 2.05) is 12.1 Å². The molecule has 1 amide bonds. The molecule has 3 rings (SSSR count). The van der Waals surface area contributed by atoms with Crippen LogP contribution in [0.3, 0.4) is 0 Å². The summed E-state index contributed by atoms with van der Waals surface area (Å²) in [7, 11) is -0.952. The summed E-state index contributed by atoms with van der Waals surface area (Å²) in [5, 5.41) is 12.6. The molecule has 10 nitrogen and oxygen atoms in total. The second-order valence-electron chi connectivity index (χ2n) is 8.42. The summed E-state index contributed by atoms with van der Waals surface area (Å²) in [5.41, 5.74) is 0. The molecule has 196 valence electrons. The molecule has 1 heterocycles. The molecule has 0 aromatic heterocycles. The lowest BCUT2D eigenvalue weighted by atomic mass is 9.99. The molecule has 2 N–H and O–H groups in total. The predicted octanol–water partition coefficient (Wildman–Crippen LogP) is 2.68. The molecule has 2 atom stereocenters. The van der Waals surface area contributed by atoms with Gasteiger partial charge in [-0.1, -0.05) is 0 Å². The molecule has 0 unspecified atom stereocenters. The highest BCUT2D eigenvalue weighted by atomic mass is 32.2. The van der Waals surface area contributed by atoms with E-state index in [4.69, 9.17) is 14.2 Å². The first-order chi connectivity index (χ1) is 17.2. The molecule has 0 spiro atoms. The Morgan fingerprint density at radius 3 is 2.14 bits per heavy atom. The monoisotopic (exact) mass is 520 g/mol. The highest BCUT2D eigenvalue weighted by molar-refractivity contribution is 7.89. The van der Waals surface area contributed by atoms with Gasteiger partial charge >= 0.3 is 5.97 Å². The number of amides is 1. The normalized spacial score (nSPS) is 18.3. The lowest BCUT2D eigenvalue weighted by molar-refractivity contribution is -0.143. The van der Waals surface area contributed by atoms with Crippen LogP contribution in [0.25, 0.3) is 0 Å². The number of hydrogen-bond acceptors (Lipinski definition) is 7. The van der Waals surface area contributed by atoms with Gasteiger partial charge in [-0.2, -0.15) is 4.31 Å². The van der Waals surface area contributed by atoms with Gasteiger partial charge in [0.25, 0.3) is 0 Å². The highest BCUT2D eigenvalue weighted by Gasteiger charge is 2.41. The minimum atomic E-state index is -4.02. The van der Waals surface area contributed by atoms with Crippen LogP contribution >= 0.6 is 0 Å². The minimum absolute atomic E-state index is 0.00294. The van der Waals surface area contributed by atoms with Crippen LogP contribution in [-0.2, 0) is 19.6 Å².